The van der Waals surface area contributed by atoms with E-state index in [-0.39, 0.29) is 0 Å². The van der Waals surface area contributed by atoms with Gasteiger partial charge in [-0.05, 0) is 49.8 Å². The van der Waals surface area contributed by atoms with Crippen molar-refractivity contribution in [1.29, 1.82) is 0 Å². The average Bonchev–Trinajstić information content (AvgIpc) is 2.54. The van der Waals surface area contributed by atoms with Crippen LogP contribution in [0.5, 0.6) is 0 Å². The molecular weight excluding hydrogens is 254 g/mol. The van der Waals surface area contributed by atoms with E-state index in [9.17, 15) is 0 Å². The molecule has 2 rings (SSSR count). The van der Waals surface area contributed by atoms with Gasteiger partial charge in [0.2, 0.25) is 0 Å². The van der Waals surface area contributed by atoms with Crippen LogP contribution in [0.25, 0.3) is 0 Å². The highest BCUT2D eigenvalue weighted by Crippen LogP contribution is 2.11. The van der Waals surface area contributed by atoms with Gasteiger partial charge in [0.1, 0.15) is 0 Å². The molecule has 0 spiro atoms. The molecule has 0 radical (unpaired) electrons. The first-order chi connectivity index (χ1) is 10.4. The van der Waals surface area contributed by atoms with Crippen molar-refractivity contribution in [3.05, 3.63) is 71.8 Å². The highest BCUT2D eigenvalue weighted by Gasteiger charge is 2.08. The lowest BCUT2D eigenvalue weighted by molar-refractivity contribution is 0.464. The lowest BCUT2D eigenvalue weighted by Gasteiger charge is -2.18. The van der Waals surface area contributed by atoms with Crippen molar-refractivity contribution in [3.8, 4) is 0 Å². The van der Waals surface area contributed by atoms with Gasteiger partial charge in [-0.1, -0.05) is 67.6 Å². The summed E-state index contributed by atoms with van der Waals surface area (Å²) in [5.41, 5.74) is 2.89. The van der Waals surface area contributed by atoms with Crippen LogP contribution in [0.15, 0.2) is 60.7 Å². The summed E-state index contributed by atoms with van der Waals surface area (Å²) in [6.07, 6.45) is 6.00. The molecule has 1 heteroatoms. The molecule has 2 aromatic rings. The highest BCUT2D eigenvalue weighted by atomic mass is 14.9. The van der Waals surface area contributed by atoms with Crippen molar-refractivity contribution < 1.29 is 0 Å². The zero-order chi connectivity index (χ0) is 14.8. The van der Waals surface area contributed by atoms with E-state index in [4.69, 9.17) is 0 Å². The summed E-state index contributed by atoms with van der Waals surface area (Å²) in [7, 11) is 0. The summed E-state index contributed by atoms with van der Waals surface area (Å²) in [4.78, 5) is 0. The van der Waals surface area contributed by atoms with Crippen LogP contribution in [0.2, 0.25) is 0 Å². The fourth-order valence-electron chi connectivity index (χ4n) is 2.72. The minimum atomic E-state index is 0.594. The van der Waals surface area contributed by atoms with Crippen molar-refractivity contribution in [2.45, 2.75) is 45.1 Å². The second-order valence-corrected chi connectivity index (χ2v) is 5.72. The van der Waals surface area contributed by atoms with Gasteiger partial charge in [0.25, 0.3) is 0 Å². The highest BCUT2D eigenvalue weighted by molar-refractivity contribution is 5.16. The van der Waals surface area contributed by atoms with Crippen LogP contribution in [0, 0.1) is 0 Å². The SMILES string of the molecule is CCCNC(CCCc1ccccc1)Cc1ccccc1. The molecule has 0 amide bonds. The standard InChI is InChI=1S/C20H27N/c1-2-16-21-20(17-19-12-7-4-8-13-19)15-9-14-18-10-5-3-6-11-18/h3-8,10-13,20-21H,2,9,14-17H2,1H3. The van der Waals surface area contributed by atoms with Gasteiger partial charge in [-0.2, -0.15) is 0 Å². The lowest BCUT2D eigenvalue weighted by atomic mass is 9.99. The predicted molar refractivity (Wildman–Crippen MR) is 91.6 cm³/mol. The van der Waals surface area contributed by atoms with E-state index in [1.54, 1.807) is 0 Å². The molecule has 0 aliphatic carbocycles. The Hall–Kier alpha value is -1.60. The molecule has 0 saturated carbocycles. The van der Waals surface area contributed by atoms with Gasteiger partial charge in [0.15, 0.2) is 0 Å². The molecule has 2 aromatic carbocycles. The van der Waals surface area contributed by atoms with Crippen LogP contribution in [0.3, 0.4) is 0 Å². The number of aryl methyl sites for hydroxylation is 1. The minimum Gasteiger partial charge on any atom is -0.314 e. The third kappa shape index (κ3) is 6.14. The van der Waals surface area contributed by atoms with E-state index in [0.29, 0.717) is 6.04 Å². The van der Waals surface area contributed by atoms with Crippen molar-refractivity contribution in [2.24, 2.45) is 0 Å². The Morgan fingerprint density at radius 2 is 1.48 bits per heavy atom. The van der Waals surface area contributed by atoms with Gasteiger partial charge in [0, 0.05) is 6.04 Å². The Labute approximate surface area is 129 Å². The van der Waals surface area contributed by atoms with E-state index in [2.05, 4.69) is 72.9 Å². The summed E-state index contributed by atoms with van der Waals surface area (Å²) in [5, 5.41) is 3.70. The largest absolute Gasteiger partial charge is 0.314 e. The quantitative estimate of drug-likeness (QED) is 0.707. The molecular formula is C20H27N. The third-order valence-corrected chi connectivity index (χ3v) is 3.87. The third-order valence-electron chi connectivity index (χ3n) is 3.87. The van der Waals surface area contributed by atoms with Gasteiger partial charge in [-0.3, -0.25) is 0 Å². The van der Waals surface area contributed by atoms with Crippen LogP contribution >= 0.6 is 0 Å². The summed E-state index contributed by atoms with van der Waals surface area (Å²) in [6.45, 7) is 3.35. The maximum atomic E-state index is 3.70. The average molecular weight is 281 g/mol. The maximum Gasteiger partial charge on any atom is 0.0108 e. The molecule has 1 nitrogen and oxygen atoms in total. The van der Waals surface area contributed by atoms with Crippen LogP contribution in [-0.2, 0) is 12.8 Å². The van der Waals surface area contributed by atoms with Crippen molar-refractivity contribution in [1.82, 2.24) is 5.32 Å². The fourth-order valence-corrected chi connectivity index (χ4v) is 2.72. The van der Waals surface area contributed by atoms with E-state index >= 15 is 0 Å². The molecule has 0 aromatic heterocycles. The zero-order valence-electron chi connectivity index (χ0n) is 13.1. The molecule has 1 atom stereocenters. The molecule has 0 heterocycles. The first-order valence-electron chi connectivity index (χ1n) is 8.19. The monoisotopic (exact) mass is 281 g/mol. The second kappa shape index (κ2) is 9.36. The molecule has 21 heavy (non-hydrogen) atoms. The summed E-state index contributed by atoms with van der Waals surface area (Å²) >= 11 is 0. The molecule has 0 aliphatic heterocycles. The first-order valence-corrected chi connectivity index (χ1v) is 8.19. The van der Waals surface area contributed by atoms with Gasteiger partial charge >= 0.3 is 0 Å². The Morgan fingerprint density at radius 3 is 2.10 bits per heavy atom. The predicted octanol–water partition coefficient (Wildman–Crippen LogP) is 4.62. The van der Waals surface area contributed by atoms with Crippen LogP contribution < -0.4 is 5.32 Å². The Balaban J connectivity index is 1.81. The molecule has 1 N–H and O–H groups in total. The zero-order valence-corrected chi connectivity index (χ0v) is 13.1. The number of hydrogen-bond acceptors (Lipinski definition) is 1. The van der Waals surface area contributed by atoms with E-state index in [1.807, 2.05) is 0 Å². The molecule has 0 saturated heterocycles. The summed E-state index contributed by atoms with van der Waals surface area (Å²) < 4.78 is 0. The van der Waals surface area contributed by atoms with Crippen molar-refractivity contribution in [2.75, 3.05) is 6.54 Å². The van der Waals surface area contributed by atoms with Crippen molar-refractivity contribution >= 4 is 0 Å². The normalized spacial score (nSPS) is 12.2. The Bertz CT molecular complexity index is 478. The molecule has 0 fully saturated rings. The topological polar surface area (TPSA) is 12.0 Å². The number of benzene rings is 2. The summed E-state index contributed by atoms with van der Waals surface area (Å²) in [6, 6.07) is 22.2. The van der Waals surface area contributed by atoms with Gasteiger partial charge in [0.05, 0.1) is 0 Å². The number of rotatable bonds is 9. The number of hydrogen-bond donors (Lipinski definition) is 1. The van der Waals surface area contributed by atoms with E-state index in [1.165, 1.54) is 36.8 Å². The van der Waals surface area contributed by atoms with E-state index < -0.39 is 0 Å². The van der Waals surface area contributed by atoms with Gasteiger partial charge < -0.3 is 5.32 Å². The summed E-state index contributed by atoms with van der Waals surface area (Å²) in [5.74, 6) is 0. The van der Waals surface area contributed by atoms with Gasteiger partial charge in [-0.25, -0.2) is 0 Å². The first kappa shape index (κ1) is 15.8. The minimum absolute atomic E-state index is 0.594. The van der Waals surface area contributed by atoms with Crippen LogP contribution in [0.1, 0.15) is 37.3 Å². The molecule has 0 bridgehead atoms. The lowest BCUT2D eigenvalue weighted by Crippen LogP contribution is -2.31. The van der Waals surface area contributed by atoms with Crippen molar-refractivity contribution in [3.63, 3.8) is 0 Å². The molecule has 1 unspecified atom stereocenters. The smallest absolute Gasteiger partial charge is 0.0108 e. The van der Waals surface area contributed by atoms with Gasteiger partial charge in [-0.15, -0.1) is 0 Å². The molecule has 0 aliphatic rings. The Morgan fingerprint density at radius 1 is 0.857 bits per heavy atom. The van der Waals surface area contributed by atoms with Crippen LogP contribution in [0.4, 0.5) is 0 Å². The Kier molecular flexibility index (Phi) is 7.03. The molecule has 112 valence electrons. The number of nitrogens with one attached hydrogen (secondary N) is 1. The maximum absolute atomic E-state index is 3.70. The fraction of sp³-hybridized carbons (Fsp3) is 0.400. The van der Waals surface area contributed by atoms with Crippen LogP contribution in [-0.4, -0.2) is 12.6 Å². The second-order valence-electron chi connectivity index (χ2n) is 5.72. The van der Waals surface area contributed by atoms with E-state index in [0.717, 1.165) is 13.0 Å².